The van der Waals surface area contributed by atoms with E-state index in [9.17, 15) is 18.0 Å². The largest absolute Gasteiger partial charge is 0.467 e. The van der Waals surface area contributed by atoms with Crippen molar-refractivity contribution in [2.45, 2.75) is 36.7 Å². The Balaban J connectivity index is 1.45. The fraction of sp³-hybridized carbons (Fsp3) is 0.400. The van der Waals surface area contributed by atoms with Crippen LogP contribution in [0.15, 0.2) is 54.1 Å². The number of nitrogens with one attached hydrogen (secondary N) is 1. The minimum absolute atomic E-state index is 0.0460. The Morgan fingerprint density at radius 2 is 1.89 bits per heavy atom. The molecule has 11 heteroatoms. The summed E-state index contributed by atoms with van der Waals surface area (Å²) < 4.78 is 32.4. The molecule has 2 saturated heterocycles. The van der Waals surface area contributed by atoms with E-state index in [4.69, 9.17) is 4.74 Å². The van der Waals surface area contributed by atoms with Crippen molar-refractivity contribution in [2.24, 2.45) is 0 Å². The first-order valence-corrected chi connectivity index (χ1v) is 13.2. The summed E-state index contributed by atoms with van der Waals surface area (Å²) in [5.41, 5.74) is 6.02. The number of benzene rings is 1. The van der Waals surface area contributed by atoms with E-state index < -0.39 is 27.9 Å². The van der Waals surface area contributed by atoms with Crippen molar-refractivity contribution in [3.63, 3.8) is 0 Å². The molecule has 0 spiro atoms. The highest BCUT2D eigenvalue weighted by Crippen LogP contribution is 2.24. The first-order chi connectivity index (χ1) is 17.2. The molecule has 2 aliphatic rings. The van der Waals surface area contributed by atoms with E-state index in [2.05, 4.69) is 21.9 Å². The Labute approximate surface area is 211 Å². The zero-order valence-corrected chi connectivity index (χ0v) is 21.3. The molecule has 1 aromatic heterocycles. The van der Waals surface area contributed by atoms with E-state index in [0.717, 1.165) is 47.2 Å². The number of hydrogen-bond donors (Lipinski definition) is 1. The first-order valence-electron chi connectivity index (χ1n) is 11.8. The topological polar surface area (TPSA) is 112 Å². The second-order valence-electron chi connectivity index (χ2n) is 8.92. The number of aromatic nitrogens is 1. The average molecular weight is 514 g/mol. The van der Waals surface area contributed by atoms with E-state index in [1.165, 1.54) is 24.3 Å². The molecule has 36 heavy (non-hydrogen) atoms. The highest BCUT2D eigenvalue weighted by atomic mass is 32.2. The Morgan fingerprint density at radius 1 is 1.19 bits per heavy atom. The van der Waals surface area contributed by atoms with E-state index in [0.29, 0.717) is 0 Å². The van der Waals surface area contributed by atoms with Crippen molar-refractivity contribution in [3.8, 4) is 0 Å². The van der Waals surface area contributed by atoms with Gasteiger partial charge in [-0.15, -0.1) is 0 Å². The SMILES string of the molecule is C=Cc1ccc(S(=O)(=O)N2CC(=O)N(NC3CCN(c4ccnc(C)c4)CC3)C(C(=O)OC)C2)cc1. The zero-order chi connectivity index (χ0) is 25.9. The number of rotatable bonds is 7. The smallest absolute Gasteiger partial charge is 0.331 e. The van der Waals surface area contributed by atoms with Crippen LogP contribution in [0, 0.1) is 6.92 Å². The highest BCUT2D eigenvalue weighted by Gasteiger charge is 2.43. The lowest BCUT2D eigenvalue weighted by Gasteiger charge is -2.42. The first kappa shape index (κ1) is 25.8. The Morgan fingerprint density at radius 3 is 2.50 bits per heavy atom. The van der Waals surface area contributed by atoms with Gasteiger partial charge < -0.3 is 9.64 Å². The number of piperidine rings is 1. The predicted octanol–water partition coefficient (Wildman–Crippen LogP) is 1.58. The molecule has 0 radical (unpaired) electrons. The van der Waals surface area contributed by atoms with Crippen molar-refractivity contribution in [1.29, 1.82) is 0 Å². The van der Waals surface area contributed by atoms with Crippen LogP contribution >= 0.6 is 0 Å². The second-order valence-corrected chi connectivity index (χ2v) is 10.9. The number of hydrogen-bond acceptors (Lipinski definition) is 8. The Kier molecular flexibility index (Phi) is 7.72. The van der Waals surface area contributed by atoms with Crippen molar-refractivity contribution in [1.82, 2.24) is 19.7 Å². The molecule has 192 valence electrons. The highest BCUT2D eigenvalue weighted by molar-refractivity contribution is 7.89. The quantitative estimate of drug-likeness (QED) is 0.556. The van der Waals surface area contributed by atoms with Gasteiger partial charge in [-0.2, -0.15) is 4.31 Å². The third kappa shape index (κ3) is 5.43. The minimum Gasteiger partial charge on any atom is -0.467 e. The Hall–Kier alpha value is -3.28. The third-order valence-electron chi connectivity index (χ3n) is 6.56. The number of amides is 1. The summed E-state index contributed by atoms with van der Waals surface area (Å²) in [4.78, 5) is 32.3. The van der Waals surface area contributed by atoms with Crippen molar-refractivity contribution >= 4 is 33.7 Å². The minimum atomic E-state index is -3.99. The molecule has 4 rings (SSSR count). The van der Waals surface area contributed by atoms with E-state index in [1.54, 1.807) is 24.4 Å². The van der Waals surface area contributed by atoms with Crippen molar-refractivity contribution < 1.29 is 22.7 Å². The molecule has 10 nitrogen and oxygen atoms in total. The lowest BCUT2D eigenvalue weighted by molar-refractivity contribution is -0.160. The number of aryl methyl sites for hydroxylation is 1. The van der Waals surface area contributed by atoms with Crippen LogP contribution in [0.2, 0.25) is 0 Å². The van der Waals surface area contributed by atoms with Gasteiger partial charge in [0.05, 0.1) is 18.6 Å². The molecule has 1 amide bonds. The normalized spacial score (nSPS) is 19.8. The molecule has 1 N–H and O–H groups in total. The number of nitrogens with zero attached hydrogens (tertiary/aromatic N) is 4. The van der Waals surface area contributed by atoms with E-state index in [-0.39, 0.29) is 24.0 Å². The van der Waals surface area contributed by atoms with Crippen LogP contribution in [0.25, 0.3) is 6.08 Å². The van der Waals surface area contributed by atoms with Crippen molar-refractivity contribution in [2.75, 3.05) is 38.2 Å². The van der Waals surface area contributed by atoms with E-state index >= 15 is 0 Å². The molecule has 3 heterocycles. The second kappa shape index (κ2) is 10.8. The molecular weight excluding hydrogens is 482 g/mol. The predicted molar refractivity (Wildman–Crippen MR) is 135 cm³/mol. The van der Waals surface area contributed by atoms with Crippen LogP contribution in [-0.4, -0.2) is 80.0 Å². The number of carbonyl (C=O) groups is 2. The summed E-state index contributed by atoms with van der Waals surface area (Å²) in [5.74, 6) is -1.18. The van der Waals surface area contributed by atoms with Crippen LogP contribution in [0.5, 0.6) is 0 Å². The average Bonchev–Trinajstić information content (AvgIpc) is 2.89. The zero-order valence-electron chi connectivity index (χ0n) is 20.5. The number of methoxy groups -OCH3 is 1. The fourth-order valence-corrected chi connectivity index (χ4v) is 5.91. The van der Waals surface area contributed by atoms with Crippen LogP contribution in [0.1, 0.15) is 24.1 Å². The molecule has 1 atom stereocenters. The molecular formula is C25H31N5O5S. The molecule has 2 aliphatic heterocycles. The van der Waals surface area contributed by atoms with Crippen LogP contribution in [-0.2, 0) is 24.3 Å². The molecule has 0 aliphatic carbocycles. The maximum Gasteiger partial charge on any atom is 0.331 e. The lowest BCUT2D eigenvalue weighted by Crippen LogP contribution is -2.66. The van der Waals surface area contributed by atoms with E-state index in [1.807, 2.05) is 19.1 Å². The Bertz CT molecular complexity index is 1230. The number of sulfonamides is 1. The number of esters is 1. The van der Waals surface area contributed by atoms with Gasteiger partial charge in [0.25, 0.3) is 5.91 Å². The lowest BCUT2D eigenvalue weighted by atomic mass is 10.0. The molecule has 0 saturated carbocycles. The standard InChI is InChI=1S/C25H31N5O5S/c1-4-19-5-7-22(8-6-19)36(33,34)29-16-23(25(32)35-3)30(24(31)17-29)27-20-10-13-28(14-11-20)21-9-12-26-18(2)15-21/h4-9,12,15,20,23,27H,1,10-11,13-14,16-17H2,2-3H3. The monoisotopic (exact) mass is 513 g/mol. The van der Waals surface area contributed by atoms with Gasteiger partial charge in [-0.3, -0.25) is 14.8 Å². The molecule has 1 unspecified atom stereocenters. The number of carbonyl (C=O) groups excluding carboxylic acids is 2. The maximum atomic E-state index is 13.2. The van der Waals surface area contributed by atoms with Gasteiger partial charge in [0.15, 0.2) is 6.04 Å². The number of anilines is 1. The van der Waals surface area contributed by atoms with Gasteiger partial charge in [0, 0.05) is 43.3 Å². The van der Waals surface area contributed by atoms with Crippen molar-refractivity contribution in [3.05, 3.63) is 60.4 Å². The summed E-state index contributed by atoms with van der Waals surface area (Å²) in [6.07, 6.45) is 4.89. The summed E-state index contributed by atoms with van der Waals surface area (Å²) >= 11 is 0. The summed E-state index contributed by atoms with van der Waals surface area (Å²) in [7, 11) is -2.76. The van der Waals surface area contributed by atoms with Gasteiger partial charge >= 0.3 is 5.97 Å². The van der Waals surface area contributed by atoms with Gasteiger partial charge in [-0.25, -0.2) is 18.6 Å². The number of ether oxygens (including phenoxy) is 1. The summed E-state index contributed by atoms with van der Waals surface area (Å²) in [6, 6.07) is 9.07. The van der Waals surface area contributed by atoms with Gasteiger partial charge in [0.2, 0.25) is 10.0 Å². The van der Waals surface area contributed by atoms with Crippen LogP contribution in [0.3, 0.4) is 0 Å². The third-order valence-corrected chi connectivity index (χ3v) is 8.38. The number of pyridine rings is 1. The summed E-state index contributed by atoms with van der Waals surface area (Å²) in [6.45, 7) is 6.58. The molecule has 0 bridgehead atoms. The number of piperazine rings is 1. The summed E-state index contributed by atoms with van der Waals surface area (Å²) in [5, 5.41) is 1.26. The van der Waals surface area contributed by atoms with Crippen LogP contribution < -0.4 is 10.3 Å². The van der Waals surface area contributed by atoms with Gasteiger partial charge in [0.1, 0.15) is 0 Å². The van der Waals surface area contributed by atoms with Gasteiger partial charge in [-0.05, 0) is 49.6 Å². The van der Waals surface area contributed by atoms with Gasteiger partial charge in [-0.1, -0.05) is 24.8 Å². The fourth-order valence-electron chi connectivity index (χ4n) is 4.52. The molecule has 2 fully saturated rings. The number of hydrazine groups is 1. The molecule has 1 aromatic carbocycles. The van der Waals surface area contributed by atoms with Crippen LogP contribution in [0.4, 0.5) is 5.69 Å². The molecule has 2 aromatic rings. The maximum absolute atomic E-state index is 13.2.